The first-order chi connectivity index (χ1) is 12.8. The SMILES string of the molecule is CCN1C=CC(=CC=C(C#N)c2nc3ccccc3s2)c2ccccc21. The Kier molecular flexibility index (Phi) is 4.39. The number of nitrogens with zero attached hydrogens (tertiary/aromatic N) is 3. The highest BCUT2D eigenvalue weighted by Gasteiger charge is 2.14. The van der Waals surface area contributed by atoms with E-state index in [0.29, 0.717) is 5.57 Å². The lowest BCUT2D eigenvalue weighted by Gasteiger charge is -2.26. The number of aromatic nitrogens is 1. The third-order valence-electron chi connectivity index (χ3n) is 4.37. The highest BCUT2D eigenvalue weighted by molar-refractivity contribution is 7.19. The van der Waals surface area contributed by atoms with Crippen molar-refractivity contribution in [2.24, 2.45) is 0 Å². The van der Waals surface area contributed by atoms with Gasteiger partial charge in [0.2, 0.25) is 0 Å². The molecule has 0 atom stereocenters. The van der Waals surface area contributed by atoms with E-state index in [9.17, 15) is 5.26 Å². The first-order valence-corrected chi connectivity index (χ1v) is 9.34. The van der Waals surface area contributed by atoms with Crippen LogP contribution in [-0.4, -0.2) is 11.5 Å². The molecular formula is C22H17N3S. The largest absolute Gasteiger partial charge is 0.348 e. The number of nitriles is 1. The van der Waals surface area contributed by atoms with Gasteiger partial charge in [-0.05, 0) is 42.8 Å². The Hall–Kier alpha value is -3.16. The number of thiazole rings is 1. The molecule has 1 aliphatic rings. The number of benzene rings is 2. The van der Waals surface area contributed by atoms with Crippen LogP contribution < -0.4 is 4.90 Å². The Bertz CT molecular complexity index is 1060. The molecule has 3 nitrogen and oxygen atoms in total. The summed E-state index contributed by atoms with van der Waals surface area (Å²) in [6.07, 6.45) is 8.06. The van der Waals surface area contributed by atoms with Crippen LogP contribution in [0.25, 0.3) is 21.4 Å². The van der Waals surface area contributed by atoms with E-state index in [1.165, 1.54) is 11.3 Å². The van der Waals surface area contributed by atoms with E-state index < -0.39 is 0 Å². The molecule has 0 N–H and O–H groups in total. The Morgan fingerprint density at radius 3 is 2.81 bits per heavy atom. The molecular weight excluding hydrogens is 338 g/mol. The summed E-state index contributed by atoms with van der Waals surface area (Å²) in [4.78, 5) is 6.81. The van der Waals surface area contributed by atoms with E-state index in [1.807, 2.05) is 42.5 Å². The molecule has 0 spiro atoms. The van der Waals surface area contributed by atoms with Crippen molar-refractivity contribution in [2.75, 3.05) is 11.4 Å². The molecule has 26 heavy (non-hydrogen) atoms. The van der Waals surface area contributed by atoms with Crippen molar-refractivity contribution < 1.29 is 0 Å². The van der Waals surface area contributed by atoms with E-state index >= 15 is 0 Å². The second-order valence-corrected chi connectivity index (χ2v) is 6.95. The van der Waals surface area contributed by atoms with E-state index in [0.717, 1.165) is 27.3 Å². The van der Waals surface area contributed by atoms with Gasteiger partial charge in [0, 0.05) is 24.0 Å². The molecule has 126 valence electrons. The fraction of sp³-hybridized carbons (Fsp3) is 0.0909. The van der Waals surface area contributed by atoms with E-state index in [-0.39, 0.29) is 0 Å². The van der Waals surface area contributed by atoms with Crippen LogP contribution in [0.2, 0.25) is 0 Å². The minimum Gasteiger partial charge on any atom is -0.348 e. The van der Waals surface area contributed by atoms with Crippen LogP contribution in [0.3, 0.4) is 0 Å². The predicted octanol–water partition coefficient (Wildman–Crippen LogP) is 5.64. The molecule has 0 amide bonds. The third kappa shape index (κ3) is 2.94. The maximum Gasteiger partial charge on any atom is 0.135 e. The zero-order chi connectivity index (χ0) is 17.9. The average molecular weight is 355 g/mol. The maximum atomic E-state index is 9.60. The summed E-state index contributed by atoms with van der Waals surface area (Å²) in [6.45, 7) is 3.06. The lowest BCUT2D eigenvalue weighted by atomic mass is 9.99. The van der Waals surface area contributed by atoms with Crippen LogP contribution in [-0.2, 0) is 0 Å². The van der Waals surface area contributed by atoms with Crippen LogP contribution in [0, 0.1) is 11.3 Å². The first-order valence-electron chi connectivity index (χ1n) is 8.52. The number of rotatable bonds is 3. The molecule has 1 aliphatic heterocycles. The van der Waals surface area contributed by atoms with Crippen LogP contribution in [0.15, 0.2) is 73.0 Å². The van der Waals surface area contributed by atoms with Gasteiger partial charge in [-0.1, -0.05) is 36.4 Å². The summed E-state index contributed by atoms with van der Waals surface area (Å²) in [5, 5.41) is 10.4. The lowest BCUT2D eigenvalue weighted by Crippen LogP contribution is -2.18. The summed E-state index contributed by atoms with van der Waals surface area (Å²) in [5.74, 6) is 0. The monoisotopic (exact) mass is 355 g/mol. The van der Waals surface area contributed by atoms with Crippen molar-refractivity contribution in [2.45, 2.75) is 6.92 Å². The molecule has 0 fully saturated rings. The van der Waals surface area contributed by atoms with Crippen molar-refractivity contribution >= 4 is 38.4 Å². The Balaban J connectivity index is 1.74. The van der Waals surface area contributed by atoms with Crippen molar-refractivity contribution in [3.63, 3.8) is 0 Å². The smallest absolute Gasteiger partial charge is 0.135 e. The zero-order valence-electron chi connectivity index (χ0n) is 14.4. The lowest BCUT2D eigenvalue weighted by molar-refractivity contribution is 1.01. The molecule has 0 saturated carbocycles. The Morgan fingerprint density at radius 1 is 1.19 bits per heavy atom. The number of hydrogen-bond donors (Lipinski definition) is 0. The van der Waals surface area contributed by atoms with Crippen LogP contribution in [0.5, 0.6) is 0 Å². The topological polar surface area (TPSA) is 39.9 Å². The molecule has 1 aromatic heterocycles. The summed E-state index contributed by atoms with van der Waals surface area (Å²) in [6, 6.07) is 18.6. The molecule has 2 aromatic carbocycles. The van der Waals surface area contributed by atoms with Crippen molar-refractivity contribution in [1.29, 1.82) is 5.26 Å². The molecule has 4 rings (SSSR count). The number of hydrogen-bond acceptors (Lipinski definition) is 4. The van der Waals surface area contributed by atoms with Gasteiger partial charge >= 0.3 is 0 Å². The third-order valence-corrected chi connectivity index (χ3v) is 5.44. The molecule has 0 bridgehead atoms. The van der Waals surface area contributed by atoms with E-state index in [4.69, 9.17) is 0 Å². The zero-order valence-corrected chi connectivity index (χ0v) is 15.2. The van der Waals surface area contributed by atoms with Gasteiger partial charge in [-0.25, -0.2) is 4.98 Å². The first kappa shape index (κ1) is 16.3. The van der Waals surface area contributed by atoms with Crippen LogP contribution in [0.4, 0.5) is 5.69 Å². The summed E-state index contributed by atoms with van der Waals surface area (Å²) >= 11 is 1.55. The summed E-state index contributed by atoms with van der Waals surface area (Å²) < 4.78 is 1.10. The Labute approximate surface area is 156 Å². The van der Waals surface area contributed by atoms with Gasteiger partial charge in [0.25, 0.3) is 0 Å². The second kappa shape index (κ2) is 6.99. The van der Waals surface area contributed by atoms with Gasteiger partial charge in [0.05, 0.1) is 15.8 Å². The normalized spacial score (nSPS) is 15.3. The second-order valence-electron chi connectivity index (χ2n) is 5.92. The molecule has 3 aromatic rings. The van der Waals surface area contributed by atoms with Gasteiger partial charge < -0.3 is 4.90 Å². The minimum absolute atomic E-state index is 0.586. The number of anilines is 1. The Morgan fingerprint density at radius 2 is 2.00 bits per heavy atom. The molecule has 0 aliphatic carbocycles. The molecule has 4 heteroatoms. The van der Waals surface area contributed by atoms with Crippen molar-refractivity contribution in [1.82, 2.24) is 4.98 Å². The summed E-state index contributed by atoms with van der Waals surface area (Å²) in [5.41, 5.74) is 4.98. The minimum atomic E-state index is 0.586. The highest BCUT2D eigenvalue weighted by atomic mass is 32.1. The molecule has 0 saturated heterocycles. The highest BCUT2D eigenvalue weighted by Crippen LogP contribution is 2.33. The number of fused-ring (bicyclic) bond motifs is 2. The van der Waals surface area contributed by atoms with Gasteiger partial charge in [0.1, 0.15) is 11.1 Å². The summed E-state index contributed by atoms with van der Waals surface area (Å²) in [7, 11) is 0. The molecule has 0 unspecified atom stereocenters. The van der Waals surface area contributed by atoms with E-state index in [2.05, 4.69) is 53.4 Å². The van der Waals surface area contributed by atoms with Gasteiger partial charge in [0.15, 0.2) is 0 Å². The van der Waals surface area contributed by atoms with Gasteiger partial charge in [-0.2, -0.15) is 5.26 Å². The fourth-order valence-corrected chi connectivity index (χ4v) is 3.99. The van der Waals surface area contributed by atoms with Gasteiger partial charge in [-0.15, -0.1) is 11.3 Å². The predicted molar refractivity (Wildman–Crippen MR) is 110 cm³/mol. The fourth-order valence-electron chi connectivity index (χ4n) is 3.05. The molecule has 2 heterocycles. The van der Waals surface area contributed by atoms with Crippen molar-refractivity contribution in [3.8, 4) is 6.07 Å². The maximum absolute atomic E-state index is 9.60. The quantitative estimate of drug-likeness (QED) is 0.571. The van der Waals surface area contributed by atoms with E-state index in [1.54, 1.807) is 11.3 Å². The van der Waals surface area contributed by atoms with Crippen LogP contribution >= 0.6 is 11.3 Å². The van der Waals surface area contributed by atoms with Crippen molar-refractivity contribution in [3.05, 3.63) is 83.5 Å². The van der Waals surface area contributed by atoms with Gasteiger partial charge in [-0.3, -0.25) is 0 Å². The number of para-hydroxylation sites is 2. The standard InChI is InChI=1S/C22H17N3S/c1-2-25-14-13-16(18-7-3-5-9-20(18)25)11-12-17(15-23)22-24-19-8-4-6-10-21(19)26-22/h3-14H,2H2,1H3. The molecule has 0 radical (unpaired) electrons. The average Bonchev–Trinajstić information content (AvgIpc) is 3.12. The van der Waals surface area contributed by atoms with Crippen LogP contribution in [0.1, 0.15) is 17.5 Å². The number of allylic oxidation sites excluding steroid dienone is 5.